The van der Waals surface area contributed by atoms with E-state index >= 15 is 0 Å². The zero-order chi connectivity index (χ0) is 19.9. The number of nitrogens with one attached hydrogen (secondary N) is 1. The van der Waals surface area contributed by atoms with Gasteiger partial charge in [0.15, 0.2) is 0 Å². The third-order valence-electron chi connectivity index (χ3n) is 4.45. The third-order valence-corrected chi connectivity index (χ3v) is 5.04. The second kappa shape index (κ2) is 6.68. The number of rotatable bonds is 4. The number of aromatic nitrogens is 1. The molecule has 1 aromatic heterocycles. The van der Waals surface area contributed by atoms with Crippen LogP contribution in [0.2, 0.25) is 0 Å². The number of anilines is 2. The number of nitrogens with zero attached hydrogens (tertiary/aromatic N) is 2. The van der Waals surface area contributed by atoms with Gasteiger partial charge in [0.05, 0.1) is 18.1 Å². The van der Waals surface area contributed by atoms with Crippen molar-refractivity contribution in [2.45, 2.75) is 6.42 Å². The van der Waals surface area contributed by atoms with Crippen molar-refractivity contribution in [2.24, 2.45) is 0 Å². The van der Waals surface area contributed by atoms with E-state index in [2.05, 4.69) is 9.71 Å². The van der Waals surface area contributed by atoms with Gasteiger partial charge < -0.3 is 14.4 Å². The summed E-state index contributed by atoms with van der Waals surface area (Å²) in [5.41, 5.74) is 2.78. The van der Waals surface area contributed by atoms with Gasteiger partial charge in [-0.05, 0) is 48.4 Å². The maximum atomic E-state index is 13.0. The Balaban J connectivity index is 1.66. The van der Waals surface area contributed by atoms with Crippen LogP contribution in [0.5, 0.6) is 5.75 Å². The van der Waals surface area contributed by atoms with Crippen LogP contribution in [0.4, 0.5) is 11.4 Å². The first-order chi connectivity index (χ1) is 13.3. The quantitative estimate of drug-likeness (QED) is 0.652. The van der Waals surface area contributed by atoms with Crippen LogP contribution in [-0.4, -0.2) is 37.2 Å². The number of amides is 1. The highest BCUT2D eigenvalue weighted by atomic mass is 32.2. The molecule has 0 unspecified atom stereocenters. The predicted octanol–water partition coefficient (Wildman–Crippen LogP) is 2.62. The third kappa shape index (κ3) is 3.44. The Labute approximate surface area is 161 Å². The van der Waals surface area contributed by atoms with Crippen molar-refractivity contribution in [1.82, 2.24) is 4.98 Å². The highest BCUT2D eigenvalue weighted by Crippen LogP contribution is 2.33. The van der Waals surface area contributed by atoms with Crippen LogP contribution < -0.4 is 9.62 Å². The number of hydrogen-bond acceptors (Lipinski definition) is 6. The molecule has 0 saturated carbocycles. The Kier molecular flexibility index (Phi) is 4.31. The van der Waals surface area contributed by atoms with Crippen molar-refractivity contribution in [2.75, 3.05) is 22.4 Å². The van der Waals surface area contributed by atoms with Crippen LogP contribution in [0.15, 0.2) is 53.3 Å². The molecule has 28 heavy (non-hydrogen) atoms. The molecule has 1 amide bonds. The van der Waals surface area contributed by atoms with Crippen molar-refractivity contribution in [1.29, 1.82) is 0 Å². The first-order valence-corrected chi connectivity index (χ1v) is 10.4. The van der Waals surface area contributed by atoms with Gasteiger partial charge in [0.25, 0.3) is 5.91 Å². The second-order valence-electron chi connectivity index (χ2n) is 6.49. The Morgan fingerprint density at radius 1 is 1.21 bits per heavy atom. The Bertz CT molecular complexity index is 1160. The van der Waals surface area contributed by atoms with Gasteiger partial charge in [0, 0.05) is 23.4 Å². The van der Waals surface area contributed by atoms with Crippen molar-refractivity contribution in [3.05, 3.63) is 60.0 Å². The van der Waals surface area contributed by atoms with Gasteiger partial charge in [-0.1, -0.05) is 0 Å². The zero-order valence-electron chi connectivity index (χ0n) is 14.9. The fourth-order valence-corrected chi connectivity index (χ4v) is 3.77. The normalized spacial score (nSPS) is 14.0. The summed E-state index contributed by atoms with van der Waals surface area (Å²) < 4.78 is 30.5. The summed E-state index contributed by atoms with van der Waals surface area (Å²) in [6.07, 6.45) is 4.67. The Morgan fingerprint density at radius 2 is 2.04 bits per heavy atom. The molecule has 2 aromatic carbocycles. The number of phenols is 1. The summed E-state index contributed by atoms with van der Waals surface area (Å²) in [5.74, 6) is 0.0820. The number of oxazole rings is 1. The molecule has 9 heteroatoms. The number of phenolic OH excluding ortho intramolecular Hbond substituents is 1. The lowest BCUT2D eigenvalue weighted by Gasteiger charge is -2.29. The highest BCUT2D eigenvalue weighted by Gasteiger charge is 2.26. The largest absolute Gasteiger partial charge is 0.506 e. The van der Waals surface area contributed by atoms with E-state index in [1.165, 1.54) is 18.4 Å². The zero-order valence-corrected chi connectivity index (χ0v) is 15.7. The summed E-state index contributed by atoms with van der Waals surface area (Å²) in [4.78, 5) is 18.7. The molecule has 2 N–H and O–H groups in total. The average molecular weight is 399 g/mol. The van der Waals surface area contributed by atoms with Crippen molar-refractivity contribution in [3.8, 4) is 17.2 Å². The summed E-state index contributed by atoms with van der Waals surface area (Å²) in [7, 11) is -3.56. The van der Waals surface area contributed by atoms with Gasteiger partial charge in [-0.25, -0.2) is 13.4 Å². The van der Waals surface area contributed by atoms with E-state index in [9.17, 15) is 18.3 Å². The molecule has 0 bridgehead atoms. The molecule has 2 heterocycles. The first-order valence-electron chi connectivity index (χ1n) is 8.47. The Morgan fingerprint density at radius 3 is 2.75 bits per heavy atom. The van der Waals surface area contributed by atoms with Crippen LogP contribution in [0.1, 0.15) is 15.9 Å². The van der Waals surface area contributed by atoms with Crippen molar-refractivity contribution in [3.63, 3.8) is 0 Å². The summed E-state index contributed by atoms with van der Waals surface area (Å²) in [6, 6.07) is 9.79. The van der Waals surface area contributed by atoms with E-state index in [0.29, 0.717) is 30.1 Å². The van der Waals surface area contributed by atoms with E-state index in [4.69, 9.17) is 4.42 Å². The lowest BCUT2D eigenvalue weighted by atomic mass is 9.96. The van der Waals surface area contributed by atoms with Crippen LogP contribution in [-0.2, 0) is 16.4 Å². The molecule has 1 aliphatic rings. The maximum Gasteiger partial charge on any atom is 0.258 e. The molecule has 144 valence electrons. The van der Waals surface area contributed by atoms with Gasteiger partial charge in [-0.2, -0.15) is 0 Å². The molecule has 0 radical (unpaired) electrons. The minimum Gasteiger partial charge on any atom is -0.506 e. The second-order valence-corrected chi connectivity index (χ2v) is 8.24. The molecule has 0 saturated heterocycles. The molecular weight excluding hydrogens is 382 g/mol. The van der Waals surface area contributed by atoms with E-state index < -0.39 is 10.0 Å². The fourth-order valence-electron chi connectivity index (χ4n) is 3.21. The standard InChI is InChI=1S/C19H17N3O5S/c1-28(25,26)21-16-11-14(3-5-17(16)23)22-8-6-12-10-13(18-20-7-9-27-18)2-4-15(12)19(22)24/h2-5,7,9-11,21,23H,6,8H2,1H3. The van der Waals surface area contributed by atoms with Crippen molar-refractivity contribution >= 4 is 27.3 Å². The lowest BCUT2D eigenvalue weighted by molar-refractivity contribution is 0.0980. The molecule has 3 aromatic rings. The number of carbonyl (C=O) groups excluding carboxylic acids is 1. The van der Waals surface area contributed by atoms with E-state index in [-0.39, 0.29) is 17.3 Å². The number of sulfonamides is 1. The van der Waals surface area contributed by atoms with E-state index in [0.717, 1.165) is 17.4 Å². The van der Waals surface area contributed by atoms with Crippen LogP contribution in [0, 0.1) is 0 Å². The number of benzene rings is 2. The summed E-state index contributed by atoms with van der Waals surface area (Å²) in [5, 5.41) is 9.90. The van der Waals surface area contributed by atoms with Gasteiger partial charge in [0.1, 0.15) is 12.0 Å². The number of fused-ring (bicyclic) bond motifs is 1. The SMILES string of the molecule is CS(=O)(=O)Nc1cc(N2CCc3cc(-c4ncco4)ccc3C2=O)ccc1O. The Hall–Kier alpha value is -3.33. The lowest BCUT2D eigenvalue weighted by Crippen LogP contribution is -2.37. The van der Waals surface area contributed by atoms with Crippen LogP contribution >= 0.6 is 0 Å². The molecule has 0 spiro atoms. The molecule has 4 rings (SSSR count). The summed E-state index contributed by atoms with van der Waals surface area (Å²) in [6.45, 7) is 0.421. The molecule has 8 nitrogen and oxygen atoms in total. The summed E-state index contributed by atoms with van der Waals surface area (Å²) >= 11 is 0. The molecule has 0 fully saturated rings. The average Bonchev–Trinajstić information content (AvgIpc) is 3.17. The van der Waals surface area contributed by atoms with Gasteiger partial charge >= 0.3 is 0 Å². The molecule has 0 aliphatic carbocycles. The first kappa shape index (κ1) is 18.1. The number of carbonyl (C=O) groups is 1. The van der Waals surface area contributed by atoms with Gasteiger partial charge in [-0.15, -0.1) is 0 Å². The fraction of sp³-hybridized carbons (Fsp3) is 0.158. The minimum atomic E-state index is -3.56. The number of aromatic hydroxyl groups is 1. The number of hydrogen-bond donors (Lipinski definition) is 2. The highest BCUT2D eigenvalue weighted by molar-refractivity contribution is 7.92. The minimum absolute atomic E-state index is 0.0258. The van der Waals surface area contributed by atoms with E-state index in [1.54, 1.807) is 29.3 Å². The monoisotopic (exact) mass is 399 g/mol. The predicted molar refractivity (Wildman–Crippen MR) is 104 cm³/mol. The van der Waals surface area contributed by atoms with Gasteiger partial charge in [0.2, 0.25) is 15.9 Å². The van der Waals surface area contributed by atoms with E-state index in [1.807, 2.05) is 6.07 Å². The molecule has 1 aliphatic heterocycles. The van der Waals surface area contributed by atoms with Gasteiger partial charge in [-0.3, -0.25) is 9.52 Å². The van der Waals surface area contributed by atoms with Crippen molar-refractivity contribution < 1.29 is 22.7 Å². The van der Waals surface area contributed by atoms with Crippen LogP contribution in [0.3, 0.4) is 0 Å². The molecular formula is C19H17N3O5S. The van der Waals surface area contributed by atoms with Crippen LogP contribution in [0.25, 0.3) is 11.5 Å². The molecule has 0 atom stereocenters. The topological polar surface area (TPSA) is 113 Å². The maximum absolute atomic E-state index is 13.0. The smallest absolute Gasteiger partial charge is 0.258 e.